The summed E-state index contributed by atoms with van der Waals surface area (Å²) < 4.78 is 0. The maximum atomic E-state index is 4.51. The molecule has 37 heavy (non-hydrogen) atoms. The molecule has 2 heterocycles. The Balaban J connectivity index is 1.26. The molecular weight excluding hydrogens is 448 g/mol. The van der Waals surface area contributed by atoms with Crippen molar-refractivity contribution in [3.63, 3.8) is 0 Å². The van der Waals surface area contributed by atoms with Gasteiger partial charge in [-0.1, -0.05) is 91.0 Å². The van der Waals surface area contributed by atoms with Gasteiger partial charge in [0.05, 0.1) is 5.69 Å². The molecule has 0 aliphatic heterocycles. The van der Waals surface area contributed by atoms with Crippen LogP contribution in [0.15, 0.2) is 146 Å². The summed E-state index contributed by atoms with van der Waals surface area (Å²) in [6.45, 7) is 0. The molecule has 0 saturated heterocycles. The highest BCUT2D eigenvalue weighted by Crippen LogP contribution is 2.31. The van der Waals surface area contributed by atoms with Crippen LogP contribution < -0.4 is 0 Å². The lowest BCUT2D eigenvalue weighted by molar-refractivity contribution is 1.07. The third-order valence-corrected chi connectivity index (χ3v) is 6.61. The monoisotopic (exact) mass is 474 g/mol. The molecule has 0 saturated carbocycles. The van der Waals surface area contributed by atoms with E-state index in [4.69, 9.17) is 0 Å². The predicted molar refractivity (Wildman–Crippen MR) is 153 cm³/mol. The molecule has 4 aromatic carbocycles. The Morgan fingerprint density at radius 3 is 1.43 bits per heavy atom. The first-order chi connectivity index (χ1) is 18.3. The Labute approximate surface area is 218 Å². The zero-order chi connectivity index (χ0) is 24.9. The van der Waals surface area contributed by atoms with Crippen molar-refractivity contribution in [1.82, 2.24) is 9.97 Å². The highest BCUT2D eigenvalue weighted by atomic mass is 14.7. The van der Waals surface area contributed by atoms with Crippen LogP contribution in [-0.2, 0) is 6.42 Å². The van der Waals surface area contributed by atoms with Crippen molar-refractivity contribution in [3.05, 3.63) is 157 Å². The van der Waals surface area contributed by atoms with Crippen molar-refractivity contribution < 1.29 is 0 Å². The van der Waals surface area contributed by atoms with Crippen LogP contribution in [0, 0.1) is 0 Å². The highest BCUT2D eigenvalue weighted by molar-refractivity contribution is 5.78. The Hall–Kier alpha value is -4.82. The van der Waals surface area contributed by atoms with E-state index < -0.39 is 0 Å². The number of rotatable bonds is 6. The number of pyridine rings is 2. The van der Waals surface area contributed by atoms with E-state index in [2.05, 4.69) is 113 Å². The van der Waals surface area contributed by atoms with Crippen molar-refractivity contribution in [2.24, 2.45) is 0 Å². The standard InChI is InChI=1S/C35H26N2/c1-3-20-36-34(14-1)22-26-16-18-27(19-17-26)28-8-5-9-29(23-28)30-10-6-11-31(24-30)32-12-7-13-33(25-32)35-15-2-4-21-37-35/h1-21,23-25H,22H2. The van der Waals surface area contributed by atoms with Crippen LogP contribution in [0.4, 0.5) is 0 Å². The zero-order valence-electron chi connectivity index (χ0n) is 20.5. The van der Waals surface area contributed by atoms with Gasteiger partial charge in [0.25, 0.3) is 0 Å². The van der Waals surface area contributed by atoms with Crippen LogP contribution in [0.3, 0.4) is 0 Å². The lowest BCUT2D eigenvalue weighted by Crippen LogP contribution is -1.91. The zero-order valence-corrected chi connectivity index (χ0v) is 20.5. The van der Waals surface area contributed by atoms with Gasteiger partial charge in [-0.3, -0.25) is 9.97 Å². The van der Waals surface area contributed by atoms with E-state index in [1.54, 1.807) is 0 Å². The fourth-order valence-electron chi connectivity index (χ4n) is 4.68. The van der Waals surface area contributed by atoms with Gasteiger partial charge in [-0.25, -0.2) is 0 Å². The minimum atomic E-state index is 0.843. The van der Waals surface area contributed by atoms with Crippen molar-refractivity contribution >= 4 is 0 Å². The first kappa shape index (κ1) is 22.6. The van der Waals surface area contributed by atoms with E-state index in [0.717, 1.165) is 23.4 Å². The maximum Gasteiger partial charge on any atom is 0.0702 e. The van der Waals surface area contributed by atoms with Crippen molar-refractivity contribution in [2.75, 3.05) is 0 Å². The molecule has 6 aromatic rings. The summed E-state index contributed by atoms with van der Waals surface area (Å²) >= 11 is 0. The smallest absolute Gasteiger partial charge is 0.0702 e. The molecule has 0 N–H and O–H groups in total. The van der Waals surface area contributed by atoms with Crippen LogP contribution in [0.25, 0.3) is 44.6 Å². The van der Waals surface area contributed by atoms with E-state index in [0.29, 0.717) is 0 Å². The number of nitrogens with zero attached hydrogens (tertiary/aromatic N) is 2. The lowest BCUT2D eigenvalue weighted by atomic mass is 9.95. The van der Waals surface area contributed by atoms with Crippen LogP contribution in [0.2, 0.25) is 0 Å². The summed E-state index contributed by atoms with van der Waals surface area (Å²) in [6, 6.07) is 47.0. The Morgan fingerprint density at radius 1 is 0.378 bits per heavy atom. The second-order valence-corrected chi connectivity index (χ2v) is 9.15. The average Bonchev–Trinajstić information content (AvgIpc) is 2.99. The molecule has 176 valence electrons. The molecule has 0 aliphatic carbocycles. The van der Waals surface area contributed by atoms with Gasteiger partial charge in [-0.05, 0) is 81.4 Å². The molecule has 2 nitrogen and oxygen atoms in total. The quantitative estimate of drug-likeness (QED) is 0.241. The molecule has 0 unspecified atom stereocenters. The third kappa shape index (κ3) is 5.24. The van der Waals surface area contributed by atoms with Crippen molar-refractivity contribution in [2.45, 2.75) is 6.42 Å². The second kappa shape index (κ2) is 10.4. The number of hydrogen-bond acceptors (Lipinski definition) is 2. The molecule has 0 atom stereocenters. The molecule has 0 amide bonds. The molecule has 0 spiro atoms. The van der Waals surface area contributed by atoms with Crippen LogP contribution in [0.1, 0.15) is 11.3 Å². The predicted octanol–water partition coefficient (Wildman–Crippen LogP) is 8.74. The lowest BCUT2D eigenvalue weighted by Gasteiger charge is -2.10. The Bertz CT molecular complexity index is 1620. The first-order valence-electron chi connectivity index (χ1n) is 12.5. The van der Waals surface area contributed by atoms with Gasteiger partial charge in [-0.15, -0.1) is 0 Å². The van der Waals surface area contributed by atoms with E-state index in [1.807, 2.05) is 42.7 Å². The SMILES string of the molecule is c1ccc(Cc2ccc(-c3cccc(-c4cccc(-c5cccc(-c6ccccn6)c5)c4)c3)cc2)nc1. The normalized spacial score (nSPS) is 10.8. The topological polar surface area (TPSA) is 25.8 Å². The highest BCUT2D eigenvalue weighted by Gasteiger charge is 2.07. The van der Waals surface area contributed by atoms with Gasteiger partial charge in [-0.2, -0.15) is 0 Å². The van der Waals surface area contributed by atoms with Crippen molar-refractivity contribution in [1.29, 1.82) is 0 Å². The number of aromatic nitrogens is 2. The minimum Gasteiger partial charge on any atom is -0.261 e. The van der Waals surface area contributed by atoms with Gasteiger partial charge in [0.2, 0.25) is 0 Å². The van der Waals surface area contributed by atoms with Crippen LogP contribution in [-0.4, -0.2) is 9.97 Å². The van der Waals surface area contributed by atoms with Gasteiger partial charge < -0.3 is 0 Å². The molecule has 0 aliphatic rings. The fraction of sp³-hybridized carbons (Fsp3) is 0.0286. The van der Waals surface area contributed by atoms with Crippen LogP contribution in [0.5, 0.6) is 0 Å². The fourth-order valence-corrected chi connectivity index (χ4v) is 4.68. The summed E-state index contributed by atoms with van der Waals surface area (Å²) in [5, 5.41) is 0. The Kier molecular flexibility index (Phi) is 6.38. The Morgan fingerprint density at radius 2 is 0.892 bits per heavy atom. The van der Waals surface area contributed by atoms with Gasteiger partial charge in [0, 0.05) is 30.1 Å². The average molecular weight is 475 g/mol. The number of hydrogen-bond donors (Lipinski definition) is 0. The maximum absolute atomic E-state index is 4.51. The summed E-state index contributed by atoms with van der Waals surface area (Å²) in [5.41, 5.74) is 11.7. The molecular formula is C35H26N2. The van der Waals surface area contributed by atoms with E-state index in [-0.39, 0.29) is 0 Å². The van der Waals surface area contributed by atoms with E-state index in [1.165, 1.54) is 38.9 Å². The van der Waals surface area contributed by atoms with E-state index in [9.17, 15) is 0 Å². The summed E-state index contributed by atoms with van der Waals surface area (Å²) in [6.07, 6.45) is 4.53. The molecule has 6 rings (SSSR count). The van der Waals surface area contributed by atoms with Gasteiger partial charge >= 0.3 is 0 Å². The van der Waals surface area contributed by atoms with Crippen LogP contribution >= 0.6 is 0 Å². The summed E-state index contributed by atoms with van der Waals surface area (Å²) in [4.78, 5) is 8.96. The first-order valence-corrected chi connectivity index (χ1v) is 12.5. The van der Waals surface area contributed by atoms with Crippen molar-refractivity contribution in [3.8, 4) is 44.6 Å². The molecule has 0 bridgehead atoms. The molecule has 0 fully saturated rings. The van der Waals surface area contributed by atoms with Gasteiger partial charge in [0.15, 0.2) is 0 Å². The molecule has 2 aromatic heterocycles. The summed E-state index contributed by atoms with van der Waals surface area (Å²) in [5.74, 6) is 0. The summed E-state index contributed by atoms with van der Waals surface area (Å²) in [7, 11) is 0. The minimum absolute atomic E-state index is 0.843. The molecule has 0 radical (unpaired) electrons. The number of benzene rings is 4. The largest absolute Gasteiger partial charge is 0.261 e. The molecule has 2 heteroatoms. The second-order valence-electron chi connectivity index (χ2n) is 9.15. The van der Waals surface area contributed by atoms with Gasteiger partial charge in [0.1, 0.15) is 0 Å². The third-order valence-electron chi connectivity index (χ3n) is 6.61. The van der Waals surface area contributed by atoms with E-state index >= 15 is 0 Å².